The maximum atomic E-state index is 12.4. The van der Waals surface area contributed by atoms with Crippen LogP contribution in [0.1, 0.15) is 21.6 Å². The quantitative estimate of drug-likeness (QED) is 0.659. The van der Waals surface area contributed by atoms with Crippen LogP contribution >= 0.6 is 11.8 Å². The number of carboxylic acid groups (broad SMARTS) is 1. The number of amides is 1. The number of hydrogen-bond acceptors (Lipinski definition) is 4. The van der Waals surface area contributed by atoms with Gasteiger partial charge < -0.3 is 15.0 Å². The normalized spacial score (nSPS) is 16.9. The number of carbonyl (C=O) groups is 2. The van der Waals surface area contributed by atoms with Crippen LogP contribution in [0.5, 0.6) is 0 Å². The SMILES string of the molecule is Cc1c(/C=C2\SC(=Nc3ccc(C(=O)O)cc3)NC2=O)c2ccccc2n1C. The first-order valence-corrected chi connectivity index (χ1v) is 9.42. The number of aromatic nitrogens is 1. The second kappa shape index (κ2) is 7.01. The van der Waals surface area contributed by atoms with Gasteiger partial charge in [0.05, 0.1) is 16.2 Å². The number of hydrogen-bond donors (Lipinski definition) is 2. The van der Waals surface area contributed by atoms with Gasteiger partial charge in [0.2, 0.25) is 0 Å². The van der Waals surface area contributed by atoms with Gasteiger partial charge in [-0.05, 0) is 55.1 Å². The Kier molecular flexibility index (Phi) is 4.52. The molecule has 0 bridgehead atoms. The zero-order chi connectivity index (χ0) is 19.8. The first kappa shape index (κ1) is 18.1. The summed E-state index contributed by atoms with van der Waals surface area (Å²) in [4.78, 5) is 28.3. The highest BCUT2D eigenvalue weighted by Gasteiger charge is 2.25. The molecule has 7 heteroatoms. The summed E-state index contributed by atoms with van der Waals surface area (Å²) in [5.41, 5.74) is 3.98. The highest BCUT2D eigenvalue weighted by atomic mass is 32.2. The van der Waals surface area contributed by atoms with Gasteiger partial charge in [0, 0.05) is 29.2 Å². The van der Waals surface area contributed by atoms with Gasteiger partial charge in [-0.15, -0.1) is 0 Å². The molecule has 0 aliphatic carbocycles. The number of fused-ring (bicyclic) bond motifs is 1. The topological polar surface area (TPSA) is 83.7 Å². The third-order valence-corrected chi connectivity index (χ3v) is 5.63. The van der Waals surface area contributed by atoms with Crippen LogP contribution in [0.3, 0.4) is 0 Å². The predicted octanol–water partition coefficient (Wildman–Crippen LogP) is 4.08. The monoisotopic (exact) mass is 391 g/mol. The van der Waals surface area contributed by atoms with Gasteiger partial charge in [-0.2, -0.15) is 0 Å². The molecule has 0 spiro atoms. The van der Waals surface area contributed by atoms with Crippen molar-refractivity contribution in [2.45, 2.75) is 6.92 Å². The summed E-state index contributed by atoms with van der Waals surface area (Å²) in [6.45, 7) is 2.03. The average molecular weight is 391 g/mol. The highest BCUT2D eigenvalue weighted by Crippen LogP contribution is 2.32. The Morgan fingerprint density at radius 3 is 2.61 bits per heavy atom. The second-order valence-electron chi connectivity index (χ2n) is 6.41. The molecule has 1 saturated heterocycles. The van der Waals surface area contributed by atoms with Crippen molar-refractivity contribution in [2.75, 3.05) is 0 Å². The molecule has 1 aromatic heterocycles. The van der Waals surface area contributed by atoms with Crippen LogP contribution < -0.4 is 5.32 Å². The van der Waals surface area contributed by atoms with E-state index in [1.807, 2.05) is 38.2 Å². The molecular weight excluding hydrogens is 374 g/mol. The van der Waals surface area contributed by atoms with Crippen LogP contribution in [0.25, 0.3) is 17.0 Å². The third-order valence-electron chi connectivity index (χ3n) is 4.72. The molecule has 0 atom stereocenters. The molecule has 2 aromatic carbocycles. The van der Waals surface area contributed by atoms with E-state index in [9.17, 15) is 9.59 Å². The number of carbonyl (C=O) groups excluding carboxylic acids is 1. The second-order valence-corrected chi connectivity index (χ2v) is 7.44. The zero-order valence-corrected chi connectivity index (χ0v) is 16.1. The molecule has 1 aliphatic rings. The Hall–Kier alpha value is -3.32. The minimum atomic E-state index is -0.988. The highest BCUT2D eigenvalue weighted by molar-refractivity contribution is 8.18. The summed E-state index contributed by atoms with van der Waals surface area (Å²) in [6, 6.07) is 14.3. The van der Waals surface area contributed by atoms with Gasteiger partial charge in [-0.1, -0.05) is 18.2 Å². The summed E-state index contributed by atoms with van der Waals surface area (Å²) < 4.78 is 2.11. The fourth-order valence-electron chi connectivity index (χ4n) is 3.14. The summed E-state index contributed by atoms with van der Waals surface area (Å²) in [5.74, 6) is -1.18. The Bertz CT molecular complexity index is 1170. The molecule has 1 fully saturated rings. The maximum absolute atomic E-state index is 12.4. The molecular formula is C21H17N3O3S. The number of aliphatic imine (C=N–C) groups is 1. The summed E-state index contributed by atoms with van der Waals surface area (Å²) in [5, 5.41) is 13.3. The molecule has 6 nitrogen and oxygen atoms in total. The summed E-state index contributed by atoms with van der Waals surface area (Å²) in [6.07, 6.45) is 1.90. The van der Waals surface area contributed by atoms with Crippen LogP contribution in [0.4, 0.5) is 5.69 Å². The lowest BCUT2D eigenvalue weighted by molar-refractivity contribution is -0.115. The molecule has 140 valence electrons. The number of para-hydroxylation sites is 1. The van der Waals surface area contributed by atoms with E-state index in [0.29, 0.717) is 15.8 Å². The lowest BCUT2D eigenvalue weighted by Gasteiger charge is -1.98. The Morgan fingerprint density at radius 1 is 1.18 bits per heavy atom. The minimum Gasteiger partial charge on any atom is -0.478 e. The molecule has 4 rings (SSSR count). The summed E-state index contributed by atoms with van der Waals surface area (Å²) in [7, 11) is 2.01. The van der Waals surface area contributed by atoms with Crippen molar-refractivity contribution in [2.24, 2.45) is 12.0 Å². The molecule has 1 amide bonds. The van der Waals surface area contributed by atoms with Crippen LogP contribution in [0.2, 0.25) is 0 Å². The van der Waals surface area contributed by atoms with E-state index >= 15 is 0 Å². The molecule has 0 saturated carbocycles. The molecule has 3 aromatic rings. The van der Waals surface area contributed by atoms with E-state index in [0.717, 1.165) is 22.2 Å². The molecule has 28 heavy (non-hydrogen) atoms. The van der Waals surface area contributed by atoms with Gasteiger partial charge in [-0.3, -0.25) is 4.79 Å². The van der Waals surface area contributed by atoms with Crippen LogP contribution in [0, 0.1) is 6.92 Å². The molecule has 0 unspecified atom stereocenters. The number of thioether (sulfide) groups is 1. The van der Waals surface area contributed by atoms with Crippen molar-refractivity contribution in [1.82, 2.24) is 9.88 Å². The van der Waals surface area contributed by atoms with Gasteiger partial charge in [0.25, 0.3) is 5.91 Å². The number of nitrogens with one attached hydrogen (secondary N) is 1. The third kappa shape index (κ3) is 3.20. The average Bonchev–Trinajstić information content (AvgIpc) is 3.15. The maximum Gasteiger partial charge on any atom is 0.335 e. The minimum absolute atomic E-state index is 0.194. The molecule has 0 radical (unpaired) electrons. The van der Waals surface area contributed by atoms with Crippen molar-refractivity contribution >= 4 is 51.5 Å². The van der Waals surface area contributed by atoms with E-state index in [4.69, 9.17) is 5.11 Å². The number of amidine groups is 1. The summed E-state index contributed by atoms with van der Waals surface area (Å²) >= 11 is 1.27. The van der Waals surface area contributed by atoms with Gasteiger partial charge in [0.1, 0.15) is 0 Å². The van der Waals surface area contributed by atoms with Gasteiger partial charge in [-0.25, -0.2) is 9.79 Å². The number of nitrogens with zero attached hydrogens (tertiary/aromatic N) is 2. The van der Waals surface area contributed by atoms with Crippen molar-refractivity contribution < 1.29 is 14.7 Å². The first-order chi connectivity index (χ1) is 13.4. The number of benzene rings is 2. The Labute approximate surface area is 165 Å². The standard InChI is InChI=1S/C21H17N3O3S/c1-12-16(15-5-3-4-6-17(15)24(12)2)11-18-19(25)23-21(28-18)22-14-9-7-13(8-10-14)20(26)27/h3-11H,1-2H3,(H,26,27)(H,22,23,25)/b18-11-. The van der Waals surface area contributed by atoms with Gasteiger partial charge >= 0.3 is 5.97 Å². The smallest absolute Gasteiger partial charge is 0.335 e. The van der Waals surface area contributed by atoms with Crippen molar-refractivity contribution in [3.05, 3.63) is 70.3 Å². The number of rotatable bonds is 3. The van der Waals surface area contributed by atoms with E-state index in [2.05, 4.69) is 20.9 Å². The zero-order valence-electron chi connectivity index (χ0n) is 15.3. The fraction of sp³-hybridized carbons (Fsp3) is 0.0952. The van der Waals surface area contributed by atoms with Crippen molar-refractivity contribution in [3.8, 4) is 0 Å². The first-order valence-electron chi connectivity index (χ1n) is 8.61. The number of carboxylic acids is 1. The van der Waals surface area contributed by atoms with E-state index in [-0.39, 0.29) is 11.5 Å². The van der Waals surface area contributed by atoms with E-state index in [1.165, 1.54) is 23.9 Å². The largest absolute Gasteiger partial charge is 0.478 e. The van der Waals surface area contributed by atoms with Gasteiger partial charge in [0.15, 0.2) is 5.17 Å². The number of aryl methyl sites for hydroxylation is 1. The van der Waals surface area contributed by atoms with Crippen LogP contribution in [0.15, 0.2) is 58.4 Å². The van der Waals surface area contributed by atoms with Crippen LogP contribution in [-0.4, -0.2) is 26.7 Å². The Morgan fingerprint density at radius 2 is 1.89 bits per heavy atom. The number of aromatic carboxylic acids is 1. The Balaban J connectivity index is 1.65. The lowest BCUT2D eigenvalue weighted by Crippen LogP contribution is -2.19. The van der Waals surface area contributed by atoms with E-state index < -0.39 is 5.97 Å². The van der Waals surface area contributed by atoms with Crippen molar-refractivity contribution in [1.29, 1.82) is 0 Å². The fourth-order valence-corrected chi connectivity index (χ4v) is 3.96. The molecule has 1 aliphatic heterocycles. The van der Waals surface area contributed by atoms with Crippen LogP contribution in [-0.2, 0) is 11.8 Å². The molecule has 2 heterocycles. The predicted molar refractivity (Wildman–Crippen MR) is 112 cm³/mol. The lowest BCUT2D eigenvalue weighted by atomic mass is 10.1. The molecule has 2 N–H and O–H groups in total. The van der Waals surface area contributed by atoms with Crippen molar-refractivity contribution in [3.63, 3.8) is 0 Å². The van der Waals surface area contributed by atoms with E-state index in [1.54, 1.807) is 12.1 Å².